The van der Waals surface area contributed by atoms with Crippen LogP contribution < -0.4 is 4.90 Å². The zero-order valence-corrected chi connectivity index (χ0v) is 20.0. The van der Waals surface area contributed by atoms with Crippen molar-refractivity contribution in [1.82, 2.24) is 19.4 Å². The van der Waals surface area contributed by atoms with Gasteiger partial charge in [0.05, 0.1) is 34.2 Å². The molecule has 0 saturated carbocycles. The highest BCUT2D eigenvalue weighted by Gasteiger charge is 2.31. The first kappa shape index (κ1) is 22.2. The van der Waals surface area contributed by atoms with E-state index in [-0.39, 0.29) is 5.92 Å². The number of carbonyl (C=O) groups is 1. The Morgan fingerprint density at radius 1 is 1.03 bits per heavy atom. The lowest BCUT2D eigenvalue weighted by Gasteiger charge is -2.40. The number of amides is 1. The lowest BCUT2D eigenvalue weighted by Crippen LogP contribution is -2.52. The summed E-state index contributed by atoms with van der Waals surface area (Å²) in [7, 11) is 0. The smallest absolute Gasteiger partial charge is 0.227 e. The Labute approximate surface area is 200 Å². The predicted octanol–water partition coefficient (Wildman–Crippen LogP) is 4.27. The molecule has 1 aromatic heterocycles. The molecule has 0 unspecified atom stereocenters. The van der Waals surface area contributed by atoms with Crippen molar-refractivity contribution in [3.63, 3.8) is 0 Å². The largest absolute Gasteiger partial charge is 0.367 e. The Kier molecular flexibility index (Phi) is 6.56. The van der Waals surface area contributed by atoms with Gasteiger partial charge in [0, 0.05) is 39.3 Å². The van der Waals surface area contributed by atoms with E-state index in [9.17, 15) is 4.79 Å². The maximum absolute atomic E-state index is 13.4. The summed E-state index contributed by atoms with van der Waals surface area (Å²) < 4.78 is 2.30. The minimum absolute atomic E-state index is 0.0741. The molecule has 0 radical (unpaired) electrons. The van der Waals surface area contributed by atoms with Crippen LogP contribution in [0.2, 0.25) is 5.02 Å². The average molecular weight is 466 g/mol. The van der Waals surface area contributed by atoms with Gasteiger partial charge in [0.1, 0.15) is 5.82 Å². The van der Waals surface area contributed by atoms with E-state index < -0.39 is 0 Å². The standard InChI is InChI=1S/C26H32ClN5O/c1-2-32-24-12-6-4-10-22(24)28-25(32)19-29-13-7-8-20(18-29)26(33)31-16-14-30(15-17-31)23-11-5-3-9-21(23)27/h3-6,9-12,20H,2,7-8,13-19H2,1H3/t20-/m0/s1. The van der Waals surface area contributed by atoms with E-state index in [1.54, 1.807) is 0 Å². The summed E-state index contributed by atoms with van der Waals surface area (Å²) in [5.41, 5.74) is 3.31. The Bertz CT molecular complexity index is 1120. The van der Waals surface area contributed by atoms with Gasteiger partial charge in [-0.2, -0.15) is 0 Å². The monoisotopic (exact) mass is 465 g/mol. The number of fused-ring (bicyclic) bond motifs is 1. The fourth-order valence-corrected chi connectivity index (χ4v) is 5.59. The molecule has 0 N–H and O–H groups in total. The zero-order valence-electron chi connectivity index (χ0n) is 19.3. The van der Waals surface area contributed by atoms with Gasteiger partial charge in [-0.05, 0) is 50.6 Å². The van der Waals surface area contributed by atoms with Gasteiger partial charge in [-0.3, -0.25) is 9.69 Å². The molecule has 2 fully saturated rings. The molecule has 2 saturated heterocycles. The molecule has 2 aliphatic rings. The maximum Gasteiger partial charge on any atom is 0.227 e. The molecular formula is C26H32ClN5O. The Hall–Kier alpha value is -2.57. The fraction of sp³-hybridized carbons (Fsp3) is 0.462. The number of piperazine rings is 1. The quantitative estimate of drug-likeness (QED) is 0.564. The molecule has 2 aromatic carbocycles. The third-order valence-electron chi connectivity index (χ3n) is 7.05. The molecule has 2 aliphatic heterocycles. The van der Waals surface area contributed by atoms with Crippen LogP contribution in [0, 0.1) is 5.92 Å². The van der Waals surface area contributed by atoms with E-state index in [0.29, 0.717) is 5.91 Å². The van der Waals surface area contributed by atoms with Gasteiger partial charge < -0.3 is 14.4 Å². The van der Waals surface area contributed by atoms with Gasteiger partial charge in [0.15, 0.2) is 0 Å². The molecule has 1 atom stereocenters. The average Bonchev–Trinajstić information content (AvgIpc) is 3.21. The molecule has 0 bridgehead atoms. The first-order chi connectivity index (χ1) is 16.1. The second-order valence-electron chi connectivity index (χ2n) is 9.10. The topological polar surface area (TPSA) is 44.6 Å². The molecule has 1 amide bonds. The number of halogens is 1. The third kappa shape index (κ3) is 4.59. The molecule has 6 nitrogen and oxygen atoms in total. The van der Waals surface area contributed by atoms with Crippen LogP contribution in [0.25, 0.3) is 11.0 Å². The number of likely N-dealkylation sites (tertiary alicyclic amines) is 1. The lowest BCUT2D eigenvalue weighted by molar-refractivity contribution is -0.137. The van der Waals surface area contributed by atoms with Crippen molar-refractivity contribution in [2.75, 3.05) is 44.2 Å². The molecule has 174 valence electrons. The number of hydrogen-bond donors (Lipinski definition) is 0. The van der Waals surface area contributed by atoms with Crippen LogP contribution in [0.3, 0.4) is 0 Å². The number of hydrogen-bond acceptors (Lipinski definition) is 4. The molecule has 33 heavy (non-hydrogen) atoms. The van der Waals surface area contributed by atoms with Gasteiger partial charge in [0.25, 0.3) is 0 Å². The number of aryl methyl sites for hydroxylation is 1. The second kappa shape index (κ2) is 9.74. The summed E-state index contributed by atoms with van der Waals surface area (Å²) in [6.45, 7) is 8.88. The Balaban J connectivity index is 1.21. The number of anilines is 1. The molecule has 3 aromatic rings. The normalized spacial score (nSPS) is 19.9. The number of benzene rings is 2. The number of rotatable bonds is 5. The van der Waals surface area contributed by atoms with Crippen molar-refractivity contribution in [2.24, 2.45) is 5.92 Å². The molecule has 7 heteroatoms. The van der Waals surface area contributed by atoms with Crippen LogP contribution in [0.15, 0.2) is 48.5 Å². The van der Waals surface area contributed by atoms with Crippen LogP contribution in [-0.4, -0.2) is 64.5 Å². The summed E-state index contributed by atoms with van der Waals surface area (Å²) in [5.74, 6) is 1.48. The number of para-hydroxylation sites is 3. The lowest BCUT2D eigenvalue weighted by atomic mass is 9.96. The summed E-state index contributed by atoms with van der Waals surface area (Å²) in [4.78, 5) is 25.0. The number of imidazole rings is 1. The molecule has 5 rings (SSSR count). The number of aromatic nitrogens is 2. The van der Waals surface area contributed by atoms with Crippen LogP contribution in [0.5, 0.6) is 0 Å². The van der Waals surface area contributed by atoms with E-state index in [0.717, 1.165) is 87.3 Å². The minimum atomic E-state index is 0.0741. The van der Waals surface area contributed by atoms with E-state index >= 15 is 0 Å². The number of carbonyl (C=O) groups excluding carboxylic acids is 1. The van der Waals surface area contributed by atoms with Crippen molar-refractivity contribution in [3.05, 3.63) is 59.4 Å². The number of piperidine rings is 1. The van der Waals surface area contributed by atoms with Gasteiger partial charge in [-0.1, -0.05) is 35.9 Å². The van der Waals surface area contributed by atoms with E-state index in [1.165, 1.54) is 5.52 Å². The van der Waals surface area contributed by atoms with Crippen LogP contribution in [0.1, 0.15) is 25.6 Å². The van der Waals surface area contributed by atoms with Gasteiger partial charge in [-0.25, -0.2) is 4.98 Å². The SMILES string of the molecule is CCn1c(CN2CCC[C@H](C(=O)N3CCN(c4ccccc4Cl)CC3)C2)nc2ccccc21. The van der Waals surface area contributed by atoms with E-state index in [2.05, 4.69) is 50.5 Å². The van der Waals surface area contributed by atoms with Gasteiger partial charge in [0.2, 0.25) is 5.91 Å². The highest BCUT2D eigenvalue weighted by atomic mass is 35.5. The second-order valence-corrected chi connectivity index (χ2v) is 9.51. The van der Waals surface area contributed by atoms with E-state index in [4.69, 9.17) is 16.6 Å². The van der Waals surface area contributed by atoms with Crippen molar-refractivity contribution in [1.29, 1.82) is 0 Å². The fourth-order valence-electron chi connectivity index (χ4n) is 5.33. The summed E-state index contributed by atoms with van der Waals surface area (Å²) in [6, 6.07) is 16.3. The highest BCUT2D eigenvalue weighted by molar-refractivity contribution is 6.33. The Morgan fingerprint density at radius 3 is 2.58 bits per heavy atom. The van der Waals surface area contributed by atoms with Crippen molar-refractivity contribution in [3.8, 4) is 0 Å². The highest BCUT2D eigenvalue weighted by Crippen LogP contribution is 2.27. The summed E-state index contributed by atoms with van der Waals surface area (Å²) in [6.07, 6.45) is 2.03. The minimum Gasteiger partial charge on any atom is -0.367 e. The van der Waals surface area contributed by atoms with Crippen LogP contribution >= 0.6 is 11.6 Å². The van der Waals surface area contributed by atoms with Gasteiger partial charge in [-0.15, -0.1) is 0 Å². The zero-order chi connectivity index (χ0) is 22.8. The molecule has 3 heterocycles. The van der Waals surface area contributed by atoms with Crippen molar-refractivity contribution in [2.45, 2.75) is 32.9 Å². The molecule has 0 aliphatic carbocycles. The van der Waals surface area contributed by atoms with Crippen molar-refractivity contribution < 1.29 is 4.79 Å². The van der Waals surface area contributed by atoms with Gasteiger partial charge >= 0.3 is 0 Å². The van der Waals surface area contributed by atoms with Crippen molar-refractivity contribution >= 4 is 34.2 Å². The van der Waals surface area contributed by atoms with Crippen LogP contribution in [-0.2, 0) is 17.9 Å². The first-order valence-electron chi connectivity index (χ1n) is 12.1. The molecule has 0 spiro atoms. The Morgan fingerprint density at radius 2 is 1.79 bits per heavy atom. The number of nitrogens with zero attached hydrogens (tertiary/aromatic N) is 5. The molecular weight excluding hydrogens is 434 g/mol. The summed E-state index contributed by atoms with van der Waals surface area (Å²) in [5, 5.41) is 0.776. The predicted molar refractivity (Wildman–Crippen MR) is 134 cm³/mol. The maximum atomic E-state index is 13.4. The first-order valence-corrected chi connectivity index (χ1v) is 12.5. The third-order valence-corrected chi connectivity index (χ3v) is 7.37. The van der Waals surface area contributed by atoms with Crippen LogP contribution in [0.4, 0.5) is 5.69 Å². The summed E-state index contributed by atoms with van der Waals surface area (Å²) >= 11 is 6.37. The van der Waals surface area contributed by atoms with E-state index in [1.807, 2.05) is 24.3 Å².